The number of nitrogens with zero attached hydrogens (tertiary/aromatic N) is 1. The molecule has 2 saturated heterocycles. The van der Waals surface area contributed by atoms with Crippen molar-refractivity contribution < 1.29 is 9.59 Å². The number of hydrogen-bond acceptors (Lipinski definition) is 3. The highest BCUT2D eigenvalue weighted by molar-refractivity contribution is 5.99. The van der Waals surface area contributed by atoms with Crippen LogP contribution in [0.4, 0.5) is 5.69 Å². The predicted molar refractivity (Wildman–Crippen MR) is 90.3 cm³/mol. The molecule has 0 aliphatic carbocycles. The monoisotopic (exact) mass is 315 g/mol. The fourth-order valence-electron chi connectivity index (χ4n) is 3.40. The van der Waals surface area contributed by atoms with Crippen molar-refractivity contribution in [2.24, 2.45) is 0 Å². The summed E-state index contributed by atoms with van der Waals surface area (Å²) >= 11 is 0. The fourth-order valence-corrected chi connectivity index (χ4v) is 3.40. The molecule has 2 aliphatic rings. The van der Waals surface area contributed by atoms with Crippen LogP contribution in [-0.4, -0.2) is 37.0 Å². The molecule has 124 valence electrons. The zero-order valence-electron chi connectivity index (χ0n) is 13.7. The topological polar surface area (TPSA) is 61.4 Å². The van der Waals surface area contributed by atoms with Crippen molar-refractivity contribution in [2.75, 3.05) is 18.0 Å². The minimum Gasteiger partial charge on any atom is -0.344 e. The molecule has 1 aromatic carbocycles. The quantitative estimate of drug-likeness (QED) is 0.890. The average Bonchev–Trinajstić information content (AvgIpc) is 3.03. The summed E-state index contributed by atoms with van der Waals surface area (Å²) in [6.45, 7) is 3.74. The maximum atomic E-state index is 12.7. The molecule has 0 spiro atoms. The van der Waals surface area contributed by atoms with Crippen molar-refractivity contribution in [1.29, 1.82) is 0 Å². The predicted octanol–water partition coefficient (Wildman–Crippen LogP) is 1.75. The smallest absolute Gasteiger partial charge is 0.249 e. The lowest BCUT2D eigenvalue weighted by atomic mass is 10.0. The van der Waals surface area contributed by atoms with Gasteiger partial charge in [0.25, 0.3) is 0 Å². The number of nitrogens with one attached hydrogen (secondary N) is 2. The Balaban J connectivity index is 1.60. The molecule has 2 N–H and O–H groups in total. The second-order valence-corrected chi connectivity index (χ2v) is 6.59. The molecule has 5 heteroatoms. The van der Waals surface area contributed by atoms with Gasteiger partial charge in [-0.25, -0.2) is 0 Å². The Bertz CT molecular complexity index is 564. The Morgan fingerprint density at radius 1 is 1.26 bits per heavy atom. The molecule has 2 amide bonds. The van der Waals surface area contributed by atoms with Crippen LogP contribution in [0.2, 0.25) is 0 Å². The van der Waals surface area contributed by atoms with Crippen LogP contribution in [0.25, 0.3) is 0 Å². The van der Waals surface area contributed by atoms with Gasteiger partial charge in [-0.05, 0) is 51.3 Å². The highest BCUT2D eigenvalue weighted by atomic mass is 16.2. The van der Waals surface area contributed by atoms with Crippen LogP contribution >= 0.6 is 0 Å². The molecule has 2 aliphatic heterocycles. The third-order valence-corrected chi connectivity index (χ3v) is 4.71. The van der Waals surface area contributed by atoms with Crippen LogP contribution in [0.1, 0.15) is 37.7 Å². The van der Waals surface area contributed by atoms with Crippen LogP contribution < -0.4 is 15.5 Å². The standard InChI is InChI=1S/C18H25N3O2/c1-13-6-8-15(9-7-13)21-11-3-5-16(18(21)23)20-17(22)12-14-4-2-10-19-14/h6-9,14,16,19H,2-5,10-12H2,1H3,(H,20,22). The van der Waals surface area contributed by atoms with Gasteiger partial charge in [0.2, 0.25) is 11.8 Å². The highest BCUT2D eigenvalue weighted by Crippen LogP contribution is 2.21. The number of aryl methyl sites for hydroxylation is 1. The maximum Gasteiger partial charge on any atom is 0.249 e. The van der Waals surface area contributed by atoms with Gasteiger partial charge in [0.05, 0.1) is 0 Å². The second kappa shape index (κ2) is 7.13. The SMILES string of the molecule is Cc1ccc(N2CCCC(NC(=O)CC3CCCN3)C2=O)cc1. The second-order valence-electron chi connectivity index (χ2n) is 6.59. The number of rotatable bonds is 4. The molecule has 0 radical (unpaired) electrons. The number of carbonyl (C=O) groups is 2. The first-order chi connectivity index (χ1) is 11.1. The molecule has 2 unspecified atom stereocenters. The summed E-state index contributed by atoms with van der Waals surface area (Å²) in [4.78, 5) is 26.7. The van der Waals surface area contributed by atoms with E-state index >= 15 is 0 Å². The van der Waals surface area contributed by atoms with Crippen LogP contribution in [0.15, 0.2) is 24.3 Å². The molecule has 0 aromatic heterocycles. The summed E-state index contributed by atoms with van der Waals surface area (Å²) in [5.74, 6) is -0.0126. The summed E-state index contributed by atoms with van der Waals surface area (Å²) in [6.07, 6.45) is 4.27. The van der Waals surface area contributed by atoms with Crippen LogP contribution in [0, 0.1) is 6.92 Å². The molecular formula is C18H25N3O2. The third-order valence-electron chi connectivity index (χ3n) is 4.71. The normalized spacial score (nSPS) is 24.7. The van der Waals surface area contributed by atoms with E-state index in [0.717, 1.165) is 44.5 Å². The molecule has 2 fully saturated rings. The van der Waals surface area contributed by atoms with Gasteiger partial charge in [-0.3, -0.25) is 9.59 Å². The van der Waals surface area contributed by atoms with Gasteiger partial charge in [0.15, 0.2) is 0 Å². The molecule has 0 bridgehead atoms. The molecule has 0 saturated carbocycles. The maximum absolute atomic E-state index is 12.7. The summed E-state index contributed by atoms with van der Waals surface area (Å²) in [6, 6.07) is 7.84. The van der Waals surface area contributed by atoms with Crippen molar-refractivity contribution in [3.8, 4) is 0 Å². The minimum atomic E-state index is -0.390. The van der Waals surface area contributed by atoms with Crippen molar-refractivity contribution in [1.82, 2.24) is 10.6 Å². The van der Waals surface area contributed by atoms with Gasteiger partial charge in [0, 0.05) is 24.7 Å². The minimum absolute atomic E-state index is 0.00725. The van der Waals surface area contributed by atoms with Crippen molar-refractivity contribution >= 4 is 17.5 Å². The van der Waals surface area contributed by atoms with E-state index in [0.29, 0.717) is 6.42 Å². The van der Waals surface area contributed by atoms with E-state index < -0.39 is 0 Å². The van der Waals surface area contributed by atoms with Gasteiger partial charge in [-0.1, -0.05) is 17.7 Å². The van der Waals surface area contributed by atoms with Crippen molar-refractivity contribution in [2.45, 2.75) is 51.1 Å². The number of amides is 2. The zero-order chi connectivity index (χ0) is 16.2. The van der Waals surface area contributed by atoms with Gasteiger partial charge in [-0.2, -0.15) is 0 Å². The van der Waals surface area contributed by atoms with E-state index in [9.17, 15) is 9.59 Å². The van der Waals surface area contributed by atoms with Gasteiger partial charge >= 0.3 is 0 Å². The molecule has 5 nitrogen and oxygen atoms in total. The fraction of sp³-hybridized carbons (Fsp3) is 0.556. The molecule has 3 rings (SSSR count). The first-order valence-electron chi connectivity index (χ1n) is 8.54. The Labute approximate surface area is 137 Å². The first-order valence-corrected chi connectivity index (χ1v) is 8.54. The van der Waals surface area contributed by atoms with E-state index in [1.54, 1.807) is 4.90 Å². The van der Waals surface area contributed by atoms with Crippen LogP contribution in [0.5, 0.6) is 0 Å². The lowest BCUT2D eigenvalue weighted by Crippen LogP contribution is -2.53. The molecule has 23 heavy (non-hydrogen) atoms. The average molecular weight is 315 g/mol. The van der Waals surface area contributed by atoms with E-state index in [4.69, 9.17) is 0 Å². The number of hydrogen-bond donors (Lipinski definition) is 2. The zero-order valence-corrected chi connectivity index (χ0v) is 13.7. The van der Waals surface area contributed by atoms with E-state index in [2.05, 4.69) is 10.6 Å². The van der Waals surface area contributed by atoms with E-state index in [1.807, 2.05) is 31.2 Å². The Morgan fingerprint density at radius 2 is 2.04 bits per heavy atom. The van der Waals surface area contributed by atoms with Crippen LogP contribution in [0.3, 0.4) is 0 Å². The van der Waals surface area contributed by atoms with Crippen molar-refractivity contribution in [3.05, 3.63) is 29.8 Å². The number of piperidine rings is 1. The highest BCUT2D eigenvalue weighted by Gasteiger charge is 2.31. The van der Waals surface area contributed by atoms with E-state index in [1.165, 1.54) is 5.56 Å². The van der Waals surface area contributed by atoms with Crippen molar-refractivity contribution in [3.63, 3.8) is 0 Å². The third kappa shape index (κ3) is 3.91. The van der Waals surface area contributed by atoms with E-state index in [-0.39, 0.29) is 23.9 Å². The number of anilines is 1. The summed E-state index contributed by atoms with van der Waals surface area (Å²) in [7, 11) is 0. The molecule has 2 atom stereocenters. The Kier molecular flexibility index (Phi) is 4.96. The molecule has 2 heterocycles. The van der Waals surface area contributed by atoms with Gasteiger partial charge < -0.3 is 15.5 Å². The van der Waals surface area contributed by atoms with Gasteiger partial charge in [-0.15, -0.1) is 0 Å². The lowest BCUT2D eigenvalue weighted by molar-refractivity contribution is -0.128. The molecule has 1 aromatic rings. The number of carbonyl (C=O) groups excluding carboxylic acids is 2. The Hall–Kier alpha value is -1.88. The largest absolute Gasteiger partial charge is 0.344 e. The summed E-state index contributed by atoms with van der Waals surface area (Å²) in [5.41, 5.74) is 2.09. The van der Waals surface area contributed by atoms with Gasteiger partial charge in [0.1, 0.15) is 6.04 Å². The van der Waals surface area contributed by atoms with Crippen LogP contribution in [-0.2, 0) is 9.59 Å². The lowest BCUT2D eigenvalue weighted by Gasteiger charge is -2.33. The summed E-state index contributed by atoms with van der Waals surface area (Å²) < 4.78 is 0. The number of benzene rings is 1. The molecular weight excluding hydrogens is 290 g/mol. The summed E-state index contributed by atoms with van der Waals surface area (Å²) in [5, 5.41) is 6.26. The first kappa shape index (κ1) is 16.0. The Morgan fingerprint density at radius 3 is 2.74 bits per heavy atom.